The molecule has 0 atom stereocenters. The molecular weight excluding hydrogens is 276 g/mol. The van der Waals surface area contributed by atoms with Gasteiger partial charge in [0.1, 0.15) is 6.29 Å². The molecule has 0 heterocycles. The van der Waals surface area contributed by atoms with Gasteiger partial charge in [0.25, 0.3) is 0 Å². The molecular formula is C18H34O2Si. The van der Waals surface area contributed by atoms with E-state index in [0.717, 1.165) is 31.1 Å². The summed E-state index contributed by atoms with van der Waals surface area (Å²) in [5, 5.41) is 0.132. The van der Waals surface area contributed by atoms with Gasteiger partial charge in [0.2, 0.25) is 0 Å². The van der Waals surface area contributed by atoms with Gasteiger partial charge in [-0.3, -0.25) is 4.79 Å². The van der Waals surface area contributed by atoms with Crippen molar-refractivity contribution in [2.45, 2.75) is 72.0 Å². The Kier molecular flexibility index (Phi) is 11.4. The van der Waals surface area contributed by atoms with Crippen LogP contribution in [0.25, 0.3) is 0 Å². The quantitative estimate of drug-likeness (QED) is 0.308. The summed E-state index contributed by atoms with van der Waals surface area (Å²) in [6.45, 7) is 17.8. The molecule has 21 heavy (non-hydrogen) atoms. The van der Waals surface area contributed by atoms with Gasteiger partial charge in [0.05, 0.1) is 0 Å². The number of carbonyl (C=O) groups excluding carboxylic acids is 1. The lowest BCUT2D eigenvalue weighted by Crippen LogP contribution is -2.36. The van der Waals surface area contributed by atoms with Crippen LogP contribution in [0.5, 0.6) is 0 Å². The van der Waals surface area contributed by atoms with Gasteiger partial charge in [-0.15, -0.1) is 6.58 Å². The van der Waals surface area contributed by atoms with Gasteiger partial charge in [-0.2, -0.15) is 0 Å². The fourth-order valence-electron chi connectivity index (χ4n) is 0.962. The van der Waals surface area contributed by atoms with E-state index in [1.54, 1.807) is 0 Å². The maximum absolute atomic E-state index is 10.3. The van der Waals surface area contributed by atoms with Crippen LogP contribution in [-0.4, -0.2) is 19.4 Å². The van der Waals surface area contributed by atoms with E-state index < -0.39 is 8.32 Å². The van der Waals surface area contributed by atoms with Crippen molar-refractivity contribution >= 4 is 14.6 Å². The first-order valence-electron chi connectivity index (χ1n) is 7.56. The molecule has 1 N–H and O–H groups in total. The maximum Gasteiger partial charge on any atom is 0.187 e. The van der Waals surface area contributed by atoms with E-state index >= 15 is 0 Å². The zero-order chi connectivity index (χ0) is 17.1. The van der Waals surface area contributed by atoms with Crippen molar-refractivity contribution in [3.8, 4) is 0 Å². The lowest BCUT2D eigenvalue weighted by atomic mass is 10.1. The zero-order valence-corrected chi connectivity index (χ0v) is 16.0. The molecule has 0 aromatic heterocycles. The Morgan fingerprint density at radius 1 is 1.19 bits per heavy atom. The first-order chi connectivity index (χ1) is 9.45. The molecule has 0 spiro atoms. The molecule has 0 amide bonds. The molecule has 0 aliphatic carbocycles. The summed E-state index contributed by atoms with van der Waals surface area (Å²) >= 11 is 0. The number of carbonyl (C=O) groups is 1. The summed E-state index contributed by atoms with van der Waals surface area (Å²) in [5.74, 6) is 0. The number of hydrogen-bond acceptors (Lipinski definition) is 2. The molecule has 0 rings (SSSR count). The van der Waals surface area contributed by atoms with Gasteiger partial charge < -0.3 is 4.80 Å². The van der Waals surface area contributed by atoms with Gasteiger partial charge in [0, 0.05) is 0 Å². The Balaban J connectivity index is 0. The van der Waals surface area contributed by atoms with Crippen molar-refractivity contribution in [1.29, 1.82) is 0 Å². The minimum absolute atomic E-state index is 0.132. The normalized spacial score (nSPS) is 13.3. The molecule has 0 saturated carbocycles. The lowest BCUT2D eigenvalue weighted by Gasteiger charge is -2.30. The Morgan fingerprint density at radius 3 is 2.00 bits per heavy atom. The molecule has 0 bridgehead atoms. The van der Waals surface area contributed by atoms with Crippen LogP contribution in [0.1, 0.15) is 53.9 Å². The van der Waals surface area contributed by atoms with Gasteiger partial charge in [-0.05, 0) is 56.8 Å². The summed E-state index contributed by atoms with van der Waals surface area (Å²) in [7, 11) is -1.86. The molecule has 122 valence electrons. The molecule has 0 aromatic carbocycles. The largest absolute Gasteiger partial charge is 0.432 e. The highest BCUT2D eigenvalue weighted by atomic mass is 28.4. The molecule has 0 unspecified atom stereocenters. The zero-order valence-electron chi connectivity index (χ0n) is 15.0. The SMILES string of the molecule is C=CC/C=C(\C)CC/C=C(\C)C=O.CC(C)(C)[Si](C)(C)O. The van der Waals surface area contributed by atoms with Crippen molar-refractivity contribution < 1.29 is 9.59 Å². The average molecular weight is 311 g/mol. The van der Waals surface area contributed by atoms with Gasteiger partial charge in [0.15, 0.2) is 8.32 Å². The predicted octanol–water partition coefficient (Wildman–Crippen LogP) is 5.42. The Morgan fingerprint density at radius 2 is 1.67 bits per heavy atom. The third-order valence-electron chi connectivity index (χ3n) is 3.66. The van der Waals surface area contributed by atoms with E-state index in [1.807, 2.05) is 32.2 Å². The Hall–Kier alpha value is -0.933. The minimum atomic E-state index is -1.86. The molecule has 3 heteroatoms. The first-order valence-corrected chi connectivity index (χ1v) is 10.5. The fraction of sp³-hybridized carbons (Fsp3) is 0.611. The van der Waals surface area contributed by atoms with Crippen LogP contribution in [0.2, 0.25) is 18.1 Å². The molecule has 0 saturated heterocycles. The maximum atomic E-state index is 10.3. The molecule has 0 aliphatic rings. The van der Waals surface area contributed by atoms with Crippen LogP contribution >= 0.6 is 0 Å². The summed E-state index contributed by atoms with van der Waals surface area (Å²) in [6, 6.07) is 0. The van der Waals surface area contributed by atoms with Crippen molar-refractivity contribution in [1.82, 2.24) is 0 Å². The lowest BCUT2D eigenvalue weighted by molar-refractivity contribution is -0.104. The highest BCUT2D eigenvalue weighted by molar-refractivity contribution is 6.72. The average Bonchev–Trinajstić information content (AvgIpc) is 2.34. The highest BCUT2D eigenvalue weighted by Crippen LogP contribution is 2.33. The van der Waals surface area contributed by atoms with E-state index in [2.05, 4.69) is 40.3 Å². The summed E-state index contributed by atoms with van der Waals surface area (Å²) in [5.41, 5.74) is 2.17. The van der Waals surface area contributed by atoms with Gasteiger partial charge >= 0.3 is 0 Å². The second-order valence-electron chi connectivity index (χ2n) is 6.99. The highest BCUT2D eigenvalue weighted by Gasteiger charge is 2.32. The third kappa shape index (κ3) is 13.8. The van der Waals surface area contributed by atoms with Crippen molar-refractivity contribution in [2.75, 3.05) is 0 Å². The molecule has 0 radical (unpaired) electrons. The monoisotopic (exact) mass is 310 g/mol. The van der Waals surface area contributed by atoms with Crippen LogP contribution in [0.3, 0.4) is 0 Å². The number of aldehydes is 1. The first kappa shape index (κ1) is 22.3. The number of rotatable bonds is 6. The molecule has 2 nitrogen and oxygen atoms in total. The Bertz CT molecular complexity index is 354. The summed E-state index contributed by atoms with van der Waals surface area (Å²) in [6.07, 6.45) is 9.82. The van der Waals surface area contributed by atoms with E-state index in [9.17, 15) is 9.59 Å². The topological polar surface area (TPSA) is 37.3 Å². The van der Waals surface area contributed by atoms with Crippen LogP contribution in [0, 0.1) is 0 Å². The van der Waals surface area contributed by atoms with Crippen molar-refractivity contribution in [2.24, 2.45) is 0 Å². The van der Waals surface area contributed by atoms with Crippen LogP contribution in [0.4, 0.5) is 0 Å². The predicted molar refractivity (Wildman–Crippen MR) is 97.0 cm³/mol. The van der Waals surface area contributed by atoms with Crippen molar-refractivity contribution in [3.63, 3.8) is 0 Å². The summed E-state index contributed by atoms with van der Waals surface area (Å²) < 4.78 is 0. The van der Waals surface area contributed by atoms with Crippen LogP contribution in [-0.2, 0) is 4.79 Å². The van der Waals surface area contributed by atoms with Crippen LogP contribution in [0.15, 0.2) is 36.0 Å². The second-order valence-corrected chi connectivity index (χ2v) is 11.6. The van der Waals surface area contributed by atoms with Gasteiger partial charge in [-0.1, -0.05) is 44.6 Å². The van der Waals surface area contributed by atoms with E-state index in [0.29, 0.717) is 0 Å². The number of allylic oxidation sites excluding steroid dienone is 5. The third-order valence-corrected chi connectivity index (χ3v) is 7.33. The Labute approximate surface area is 132 Å². The van der Waals surface area contributed by atoms with Crippen LogP contribution < -0.4 is 0 Å². The fourth-order valence-corrected chi connectivity index (χ4v) is 0.962. The summed E-state index contributed by atoms with van der Waals surface area (Å²) in [4.78, 5) is 19.7. The number of hydrogen-bond donors (Lipinski definition) is 1. The molecule has 0 aliphatic heterocycles. The second kappa shape index (κ2) is 10.7. The van der Waals surface area contributed by atoms with E-state index in [-0.39, 0.29) is 5.04 Å². The minimum Gasteiger partial charge on any atom is -0.432 e. The van der Waals surface area contributed by atoms with E-state index in [1.165, 1.54) is 5.57 Å². The van der Waals surface area contributed by atoms with E-state index in [4.69, 9.17) is 0 Å². The molecule has 0 fully saturated rings. The smallest absolute Gasteiger partial charge is 0.187 e. The van der Waals surface area contributed by atoms with Crippen molar-refractivity contribution in [3.05, 3.63) is 36.0 Å². The molecule has 0 aromatic rings. The van der Waals surface area contributed by atoms with Gasteiger partial charge in [-0.25, -0.2) is 0 Å². The standard InChI is InChI=1S/C12H18O.C6H16OSi/c1-4-5-7-11(2)8-6-9-12(3)10-13;1-6(2,3)8(4,5)7/h4,7,9-10H,1,5-6,8H2,2-3H3;7H,1-5H3/b11-7+,12-9+;.